The van der Waals surface area contributed by atoms with Crippen LogP contribution in [0.4, 0.5) is 0 Å². The van der Waals surface area contributed by atoms with E-state index in [1.165, 1.54) is 6.92 Å². The molecule has 0 aliphatic carbocycles. The van der Waals surface area contributed by atoms with Crippen molar-refractivity contribution in [3.05, 3.63) is 90.2 Å². The van der Waals surface area contributed by atoms with Crippen LogP contribution in [0.2, 0.25) is 0 Å². The van der Waals surface area contributed by atoms with Crippen molar-refractivity contribution in [1.29, 1.82) is 0 Å². The van der Waals surface area contributed by atoms with E-state index in [0.717, 1.165) is 5.56 Å². The maximum absolute atomic E-state index is 12.9. The number of carbonyl (C=O) groups is 2. The van der Waals surface area contributed by atoms with Crippen molar-refractivity contribution in [2.45, 2.75) is 13.3 Å². The van der Waals surface area contributed by atoms with Crippen LogP contribution in [-0.2, 0) is 9.53 Å². The Labute approximate surface area is 142 Å². The quantitative estimate of drug-likeness (QED) is 0.322. The summed E-state index contributed by atoms with van der Waals surface area (Å²) < 4.78 is 5.37. The van der Waals surface area contributed by atoms with Crippen molar-refractivity contribution in [3.8, 4) is 0 Å². The highest BCUT2D eigenvalue weighted by Gasteiger charge is 2.25. The maximum Gasteiger partial charge on any atom is 0.307 e. The number of carbonyl (C=O) groups excluding carboxylic acids is 2. The van der Waals surface area contributed by atoms with E-state index in [2.05, 4.69) is 6.58 Å². The van der Waals surface area contributed by atoms with E-state index in [9.17, 15) is 9.59 Å². The fourth-order valence-corrected chi connectivity index (χ4v) is 2.40. The molecular formula is C21H20O3. The molecule has 24 heavy (non-hydrogen) atoms. The van der Waals surface area contributed by atoms with Crippen LogP contribution in [-0.4, -0.2) is 11.8 Å². The van der Waals surface area contributed by atoms with E-state index in [4.69, 9.17) is 4.74 Å². The molecule has 0 spiro atoms. The van der Waals surface area contributed by atoms with Gasteiger partial charge in [0.2, 0.25) is 0 Å². The molecule has 122 valence electrons. The van der Waals surface area contributed by atoms with Crippen molar-refractivity contribution >= 4 is 17.8 Å². The third-order valence-corrected chi connectivity index (χ3v) is 3.49. The number of allylic oxidation sites excluding steroid dienone is 2. The second-order valence-corrected chi connectivity index (χ2v) is 5.36. The first-order valence-corrected chi connectivity index (χ1v) is 7.77. The lowest BCUT2D eigenvalue weighted by molar-refractivity contribution is -0.137. The van der Waals surface area contributed by atoms with Crippen LogP contribution in [0, 0.1) is 5.92 Å². The van der Waals surface area contributed by atoms with Crippen LogP contribution >= 0.6 is 0 Å². The highest BCUT2D eigenvalue weighted by molar-refractivity contribution is 6.00. The van der Waals surface area contributed by atoms with Gasteiger partial charge in [0, 0.05) is 12.5 Å². The van der Waals surface area contributed by atoms with Gasteiger partial charge in [-0.25, -0.2) is 0 Å². The van der Waals surface area contributed by atoms with E-state index >= 15 is 0 Å². The van der Waals surface area contributed by atoms with Gasteiger partial charge in [0.05, 0.1) is 5.92 Å². The van der Waals surface area contributed by atoms with E-state index in [0.29, 0.717) is 17.7 Å². The van der Waals surface area contributed by atoms with Crippen LogP contribution in [0.3, 0.4) is 0 Å². The molecule has 0 amide bonds. The molecule has 0 aromatic heterocycles. The van der Waals surface area contributed by atoms with Crippen molar-refractivity contribution in [3.63, 3.8) is 0 Å². The largest absolute Gasteiger partial charge is 0.430 e. The Morgan fingerprint density at radius 3 is 2.17 bits per heavy atom. The maximum atomic E-state index is 12.9. The molecule has 3 heteroatoms. The number of benzene rings is 2. The second-order valence-electron chi connectivity index (χ2n) is 5.36. The molecule has 0 fully saturated rings. The van der Waals surface area contributed by atoms with Crippen molar-refractivity contribution in [1.82, 2.24) is 0 Å². The molecule has 0 saturated carbocycles. The average molecular weight is 320 g/mol. The normalized spacial score (nSPS) is 12.3. The fourth-order valence-electron chi connectivity index (χ4n) is 2.40. The minimum Gasteiger partial charge on any atom is -0.430 e. The Morgan fingerprint density at radius 1 is 1.04 bits per heavy atom. The third kappa shape index (κ3) is 4.78. The second kappa shape index (κ2) is 8.63. The van der Waals surface area contributed by atoms with Gasteiger partial charge in [0.1, 0.15) is 5.76 Å². The van der Waals surface area contributed by atoms with Crippen LogP contribution < -0.4 is 0 Å². The smallest absolute Gasteiger partial charge is 0.307 e. The molecular weight excluding hydrogens is 300 g/mol. The summed E-state index contributed by atoms with van der Waals surface area (Å²) in [5.41, 5.74) is 1.44. The topological polar surface area (TPSA) is 43.4 Å². The van der Waals surface area contributed by atoms with E-state index in [-0.39, 0.29) is 5.78 Å². The van der Waals surface area contributed by atoms with Gasteiger partial charge in [-0.2, -0.15) is 0 Å². The standard InChI is InChI=1S/C21H20O3/c1-3-10-19(21(23)18-13-8-5-9-14-18)20(24-16(2)22)15-17-11-6-4-7-12-17/h3-9,11-15,19H,1,10H2,2H3/b20-15-. The number of hydrogen-bond acceptors (Lipinski definition) is 3. The predicted octanol–water partition coefficient (Wildman–Crippen LogP) is 4.67. The van der Waals surface area contributed by atoms with Crippen LogP contribution in [0.5, 0.6) is 0 Å². The van der Waals surface area contributed by atoms with Gasteiger partial charge in [0.25, 0.3) is 0 Å². The monoisotopic (exact) mass is 320 g/mol. The Bertz CT molecular complexity index is 730. The number of esters is 1. The third-order valence-electron chi connectivity index (χ3n) is 3.49. The first-order valence-electron chi connectivity index (χ1n) is 7.77. The zero-order chi connectivity index (χ0) is 17.4. The highest BCUT2D eigenvalue weighted by Crippen LogP contribution is 2.25. The van der Waals surface area contributed by atoms with E-state index in [1.54, 1.807) is 24.3 Å². The van der Waals surface area contributed by atoms with Gasteiger partial charge in [-0.1, -0.05) is 66.7 Å². The van der Waals surface area contributed by atoms with Gasteiger partial charge in [-0.3, -0.25) is 9.59 Å². The number of Topliss-reactive ketones (excluding diaryl/α,β-unsaturated/α-hetero) is 1. The van der Waals surface area contributed by atoms with Crippen molar-refractivity contribution in [2.75, 3.05) is 0 Å². The summed E-state index contributed by atoms with van der Waals surface area (Å²) in [6, 6.07) is 18.4. The average Bonchev–Trinajstić information content (AvgIpc) is 2.60. The molecule has 1 atom stereocenters. The summed E-state index contributed by atoms with van der Waals surface area (Å²) in [4.78, 5) is 24.4. The SMILES string of the molecule is C=CCC(C(=O)c1ccccc1)/C(=C/c1ccccc1)OC(C)=O. The Hall–Kier alpha value is -2.94. The highest BCUT2D eigenvalue weighted by atomic mass is 16.5. The molecule has 0 heterocycles. The van der Waals surface area contributed by atoms with Gasteiger partial charge in [-0.15, -0.1) is 6.58 Å². The lowest BCUT2D eigenvalue weighted by Gasteiger charge is -2.17. The summed E-state index contributed by atoms with van der Waals surface area (Å²) >= 11 is 0. The molecule has 0 radical (unpaired) electrons. The molecule has 3 nitrogen and oxygen atoms in total. The minimum atomic E-state index is -0.589. The molecule has 0 N–H and O–H groups in total. The van der Waals surface area contributed by atoms with Crippen LogP contribution in [0.1, 0.15) is 29.3 Å². The van der Waals surface area contributed by atoms with Crippen molar-refractivity contribution in [2.24, 2.45) is 5.92 Å². The lowest BCUT2D eigenvalue weighted by Crippen LogP contribution is -2.20. The number of ether oxygens (including phenoxy) is 1. The Balaban J connectivity index is 2.42. The molecule has 2 rings (SSSR count). The molecule has 2 aromatic carbocycles. The van der Waals surface area contributed by atoms with Crippen LogP contribution in [0.15, 0.2) is 79.1 Å². The summed E-state index contributed by atoms with van der Waals surface area (Å²) in [7, 11) is 0. The zero-order valence-corrected chi connectivity index (χ0v) is 13.6. The van der Waals surface area contributed by atoms with E-state index in [1.807, 2.05) is 48.5 Å². The Kier molecular flexibility index (Phi) is 6.26. The minimum absolute atomic E-state index is 0.0982. The summed E-state index contributed by atoms with van der Waals surface area (Å²) in [6.45, 7) is 5.06. The molecule has 0 bridgehead atoms. The summed E-state index contributed by atoms with van der Waals surface area (Å²) in [5.74, 6) is -0.803. The molecule has 0 aliphatic rings. The molecule has 0 aliphatic heterocycles. The Morgan fingerprint density at radius 2 is 1.62 bits per heavy atom. The van der Waals surface area contributed by atoms with Gasteiger partial charge < -0.3 is 4.74 Å². The first-order chi connectivity index (χ1) is 11.6. The van der Waals surface area contributed by atoms with Gasteiger partial charge >= 0.3 is 5.97 Å². The summed E-state index contributed by atoms with van der Waals surface area (Å²) in [5, 5.41) is 0. The fraction of sp³-hybridized carbons (Fsp3) is 0.143. The van der Waals surface area contributed by atoms with Crippen LogP contribution in [0.25, 0.3) is 6.08 Å². The molecule has 0 saturated heterocycles. The van der Waals surface area contributed by atoms with Crippen molar-refractivity contribution < 1.29 is 14.3 Å². The predicted molar refractivity (Wildman–Crippen MR) is 95.3 cm³/mol. The number of rotatable bonds is 7. The number of ketones is 1. The lowest BCUT2D eigenvalue weighted by atomic mass is 9.91. The zero-order valence-electron chi connectivity index (χ0n) is 13.6. The summed E-state index contributed by atoms with van der Waals surface area (Å²) in [6.07, 6.45) is 3.78. The van der Waals surface area contributed by atoms with E-state index < -0.39 is 11.9 Å². The van der Waals surface area contributed by atoms with Gasteiger partial charge in [-0.05, 0) is 18.1 Å². The molecule has 1 unspecified atom stereocenters. The molecule has 2 aromatic rings. The first kappa shape index (κ1) is 17.4. The van der Waals surface area contributed by atoms with Gasteiger partial charge in [0.15, 0.2) is 5.78 Å². The number of hydrogen-bond donors (Lipinski definition) is 0.